The smallest absolute Gasteiger partial charge is 0.335 e. The Morgan fingerprint density at radius 2 is 1.39 bits per heavy atom. The standard InChI is InChI=1S/C42H66O14/c1-37(2)14-16-42(36(52)56-34-30(48)27(45)26(44)22(19-43)53-34)17-15-40(6)20(21(42)18-37)8-9-24-39(5)12-11-25(38(3,4)23(39)10-13-41(24,40)7)54-35-31(49)28(46)29(47)32(55-35)33(50)51/h8,21-32,34-35,43-49H,9-19H2,1-7H3,(H,50,51)/t21-,22+,23+,24+,25+,26+,27-,28-,29-,30+,31+,32-,34-,35+,39-,40+,41+,42-/m0/s1. The van der Waals surface area contributed by atoms with Crippen molar-refractivity contribution in [3.05, 3.63) is 11.6 Å². The highest BCUT2D eigenvalue weighted by Gasteiger charge is 2.70. The van der Waals surface area contributed by atoms with E-state index in [-0.39, 0.29) is 33.5 Å². The van der Waals surface area contributed by atoms with E-state index in [0.717, 1.165) is 44.9 Å². The zero-order chi connectivity index (χ0) is 41.1. The number of rotatable bonds is 6. The molecule has 0 unspecified atom stereocenters. The van der Waals surface area contributed by atoms with Crippen LogP contribution in [0.5, 0.6) is 0 Å². The quantitative estimate of drug-likeness (QED) is 0.110. The summed E-state index contributed by atoms with van der Waals surface area (Å²) in [6.07, 6.45) is -6.14. The van der Waals surface area contributed by atoms with Gasteiger partial charge in [-0.25, -0.2) is 4.79 Å². The number of fused-ring (bicyclic) bond motifs is 7. The van der Waals surface area contributed by atoms with Crippen molar-refractivity contribution in [2.24, 2.45) is 50.2 Å². The molecule has 7 rings (SSSR count). The summed E-state index contributed by atoms with van der Waals surface area (Å²) in [5.74, 6) is -1.52. The lowest BCUT2D eigenvalue weighted by Gasteiger charge is -2.71. The molecule has 318 valence electrons. The van der Waals surface area contributed by atoms with Gasteiger partial charge in [0, 0.05) is 0 Å². The second-order valence-electron chi connectivity index (χ2n) is 20.7. The SMILES string of the molecule is CC1(C)CC[C@]2(C(=O)O[C@@H]3O[C@H](CO)[C@@H](O)[C@H](O)[C@H]3O)CC[C@]3(C)C(=CC[C@@H]4[C@@]5(C)CC[C@@H](O[C@@H]6O[C@H](C(=O)O)[C@@H](O)[C@H](O)[C@H]6O)C(C)(C)[C@H]5CC[C@]43C)[C@@H]2C1. The second kappa shape index (κ2) is 14.2. The number of carboxylic acids is 1. The number of aliphatic carboxylic acids is 1. The maximum Gasteiger partial charge on any atom is 0.335 e. The number of hydrogen-bond donors (Lipinski definition) is 8. The fraction of sp³-hybridized carbons (Fsp3) is 0.905. The summed E-state index contributed by atoms with van der Waals surface area (Å²) >= 11 is 0. The third kappa shape index (κ3) is 6.17. The molecule has 0 radical (unpaired) electrons. The highest BCUT2D eigenvalue weighted by Crippen LogP contribution is 2.76. The van der Waals surface area contributed by atoms with Crippen molar-refractivity contribution in [3.8, 4) is 0 Å². The van der Waals surface area contributed by atoms with Crippen molar-refractivity contribution in [1.82, 2.24) is 0 Å². The van der Waals surface area contributed by atoms with Crippen LogP contribution in [0.2, 0.25) is 0 Å². The van der Waals surface area contributed by atoms with E-state index in [9.17, 15) is 50.4 Å². The molecule has 14 nitrogen and oxygen atoms in total. The number of aliphatic hydroxyl groups excluding tert-OH is 7. The van der Waals surface area contributed by atoms with Crippen LogP contribution in [0.3, 0.4) is 0 Å². The Kier molecular flexibility index (Phi) is 10.8. The Morgan fingerprint density at radius 1 is 0.750 bits per heavy atom. The van der Waals surface area contributed by atoms with Crippen LogP contribution in [0.15, 0.2) is 11.6 Å². The van der Waals surface area contributed by atoms with Crippen LogP contribution in [0, 0.1) is 50.2 Å². The van der Waals surface area contributed by atoms with E-state index in [2.05, 4.69) is 54.5 Å². The van der Waals surface area contributed by atoms with Crippen LogP contribution in [0.25, 0.3) is 0 Å². The molecular weight excluding hydrogens is 728 g/mol. The monoisotopic (exact) mass is 794 g/mol. The summed E-state index contributed by atoms with van der Waals surface area (Å²) in [5, 5.41) is 82.4. The van der Waals surface area contributed by atoms with Gasteiger partial charge in [-0.15, -0.1) is 0 Å². The van der Waals surface area contributed by atoms with Crippen LogP contribution < -0.4 is 0 Å². The second-order valence-corrected chi connectivity index (χ2v) is 20.7. The third-order valence-corrected chi connectivity index (χ3v) is 17.2. The Labute approximate surface area is 329 Å². The lowest BCUT2D eigenvalue weighted by Crippen LogP contribution is -2.66. The van der Waals surface area contributed by atoms with Crippen molar-refractivity contribution in [3.63, 3.8) is 0 Å². The van der Waals surface area contributed by atoms with E-state index in [1.807, 2.05) is 0 Å². The van der Waals surface area contributed by atoms with E-state index < -0.39 is 96.9 Å². The molecule has 0 amide bonds. The molecule has 4 saturated carbocycles. The van der Waals surface area contributed by atoms with Gasteiger partial charge in [0.1, 0.15) is 42.7 Å². The first-order chi connectivity index (χ1) is 26.0. The number of allylic oxidation sites excluding steroid dienone is 2. The minimum atomic E-state index is -1.79. The minimum Gasteiger partial charge on any atom is -0.479 e. The number of hydrogen-bond acceptors (Lipinski definition) is 13. The molecule has 0 spiro atoms. The zero-order valence-corrected chi connectivity index (χ0v) is 34.0. The number of carbonyl (C=O) groups is 2. The Hall–Kier alpha value is -1.72. The number of ether oxygens (including phenoxy) is 4. The highest BCUT2D eigenvalue weighted by molar-refractivity contribution is 5.79. The topological polar surface area (TPSA) is 233 Å². The molecular formula is C42H66O14. The molecule has 56 heavy (non-hydrogen) atoms. The average Bonchev–Trinajstić information content (AvgIpc) is 3.12. The van der Waals surface area contributed by atoms with E-state index >= 15 is 0 Å². The summed E-state index contributed by atoms with van der Waals surface area (Å²) in [6.45, 7) is 15.5. The molecule has 6 fully saturated rings. The zero-order valence-electron chi connectivity index (χ0n) is 34.0. The molecule has 7 aliphatic rings. The Balaban J connectivity index is 1.16. The van der Waals surface area contributed by atoms with Gasteiger partial charge in [0.2, 0.25) is 6.29 Å². The first-order valence-electron chi connectivity index (χ1n) is 20.8. The first-order valence-corrected chi connectivity index (χ1v) is 20.8. The van der Waals surface area contributed by atoms with Gasteiger partial charge in [-0.1, -0.05) is 60.1 Å². The lowest BCUT2D eigenvalue weighted by atomic mass is 9.33. The summed E-state index contributed by atoms with van der Waals surface area (Å²) in [5.41, 5.74) is -0.448. The molecule has 18 atom stereocenters. The molecule has 14 heteroatoms. The van der Waals surface area contributed by atoms with Crippen molar-refractivity contribution < 1.29 is 69.4 Å². The van der Waals surface area contributed by atoms with Crippen LogP contribution in [-0.2, 0) is 28.5 Å². The number of aliphatic hydroxyl groups is 7. The van der Waals surface area contributed by atoms with Crippen LogP contribution in [0.1, 0.15) is 113 Å². The number of carbonyl (C=O) groups excluding carboxylic acids is 1. The van der Waals surface area contributed by atoms with Gasteiger partial charge in [0.05, 0.1) is 18.1 Å². The predicted octanol–water partition coefficient (Wildman–Crippen LogP) is 2.41. The number of carboxylic acid groups (broad SMARTS) is 1. The Morgan fingerprint density at radius 3 is 2.05 bits per heavy atom. The van der Waals surface area contributed by atoms with Crippen molar-refractivity contribution >= 4 is 11.9 Å². The van der Waals surface area contributed by atoms with Gasteiger partial charge in [0.25, 0.3) is 0 Å². The molecule has 0 aromatic rings. The summed E-state index contributed by atoms with van der Waals surface area (Å²) in [4.78, 5) is 26.4. The molecule has 0 aromatic carbocycles. The first kappa shape index (κ1) is 42.4. The summed E-state index contributed by atoms with van der Waals surface area (Å²) in [7, 11) is 0. The van der Waals surface area contributed by atoms with Gasteiger partial charge >= 0.3 is 11.9 Å². The van der Waals surface area contributed by atoms with Gasteiger partial charge < -0.3 is 59.8 Å². The van der Waals surface area contributed by atoms with E-state index in [1.165, 1.54) is 5.57 Å². The summed E-state index contributed by atoms with van der Waals surface area (Å²) in [6, 6.07) is 0. The molecule has 8 N–H and O–H groups in total. The minimum absolute atomic E-state index is 0.0330. The molecule has 0 aromatic heterocycles. The van der Waals surface area contributed by atoms with Crippen molar-refractivity contribution in [2.45, 2.75) is 180 Å². The van der Waals surface area contributed by atoms with Gasteiger partial charge in [-0.2, -0.15) is 0 Å². The highest BCUT2D eigenvalue weighted by atomic mass is 16.7. The van der Waals surface area contributed by atoms with Gasteiger partial charge in [-0.3, -0.25) is 4.79 Å². The van der Waals surface area contributed by atoms with E-state index in [0.29, 0.717) is 25.2 Å². The summed E-state index contributed by atoms with van der Waals surface area (Å²) < 4.78 is 23.5. The number of esters is 1. The maximum atomic E-state index is 14.6. The molecule has 5 aliphatic carbocycles. The van der Waals surface area contributed by atoms with Gasteiger partial charge in [-0.05, 0) is 109 Å². The maximum absolute atomic E-state index is 14.6. The van der Waals surface area contributed by atoms with Crippen LogP contribution in [0.4, 0.5) is 0 Å². The molecule has 2 heterocycles. The molecule has 2 saturated heterocycles. The normalized spacial score (nSPS) is 52.3. The van der Waals surface area contributed by atoms with E-state index in [4.69, 9.17) is 18.9 Å². The lowest BCUT2D eigenvalue weighted by molar-refractivity contribution is -0.324. The molecule has 0 bridgehead atoms. The third-order valence-electron chi connectivity index (χ3n) is 17.2. The largest absolute Gasteiger partial charge is 0.479 e. The van der Waals surface area contributed by atoms with E-state index in [1.54, 1.807) is 0 Å². The van der Waals surface area contributed by atoms with Crippen LogP contribution in [-0.4, -0.2) is 127 Å². The Bertz CT molecular complexity index is 1560. The molecule has 2 aliphatic heterocycles. The van der Waals surface area contributed by atoms with Crippen LogP contribution >= 0.6 is 0 Å². The van der Waals surface area contributed by atoms with Gasteiger partial charge in [0.15, 0.2) is 12.4 Å². The average molecular weight is 795 g/mol. The fourth-order valence-corrected chi connectivity index (χ4v) is 13.5. The predicted molar refractivity (Wildman–Crippen MR) is 198 cm³/mol. The van der Waals surface area contributed by atoms with Crippen molar-refractivity contribution in [2.75, 3.05) is 6.61 Å². The fourth-order valence-electron chi connectivity index (χ4n) is 13.5. The van der Waals surface area contributed by atoms with Crippen molar-refractivity contribution in [1.29, 1.82) is 0 Å².